The molecule has 1 aromatic carbocycles. The molecule has 1 aromatic heterocycles. The van der Waals surface area contributed by atoms with Crippen molar-refractivity contribution in [3.8, 4) is 11.4 Å². The van der Waals surface area contributed by atoms with Crippen molar-refractivity contribution in [2.75, 3.05) is 26.9 Å². The third kappa shape index (κ3) is 3.82. The van der Waals surface area contributed by atoms with Crippen LogP contribution < -0.4 is 4.74 Å². The van der Waals surface area contributed by atoms with Crippen LogP contribution in [0.25, 0.3) is 5.69 Å². The van der Waals surface area contributed by atoms with Crippen molar-refractivity contribution in [1.82, 2.24) is 9.78 Å². The lowest BCUT2D eigenvalue weighted by molar-refractivity contribution is 0.0512. The summed E-state index contributed by atoms with van der Waals surface area (Å²) in [6.07, 6.45) is 1.66. The Morgan fingerprint density at radius 2 is 2.00 bits per heavy atom. The lowest BCUT2D eigenvalue weighted by Gasteiger charge is -2.04. The highest BCUT2D eigenvalue weighted by molar-refractivity contribution is 5.90. The second-order valence-electron chi connectivity index (χ2n) is 4.18. The van der Waals surface area contributed by atoms with Crippen molar-refractivity contribution >= 4 is 5.97 Å². The Morgan fingerprint density at radius 3 is 2.67 bits per heavy atom. The van der Waals surface area contributed by atoms with Gasteiger partial charge in [-0.15, -0.1) is 0 Å². The Morgan fingerprint density at radius 1 is 1.24 bits per heavy atom. The lowest BCUT2D eigenvalue weighted by Crippen LogP contribution is -2.10. The maximum Gasteiger partial charge on any atom is 0.362 e. The van der Waals surface area contributed by atoms with E-state index in [0.29, 0.717) is 19.0 Å². The maximum absolute atomic E-state index is 11.9. The van der Waals surface area contributed by atoms with Gasteiger partial charge in [-0.2, -0.15) is 5.10 Å². The maximum atomic E-state index is 11.9. The summed E-state index contributed by atoms with van der Waals surface area (Å²) in [7, 11) is 1.59. The third-order valence-corrected chi connectivity index (χ3v) is 2.72. The summed E-state index contributed by atoms with van der Waals surface area (Å²) < 4.78 is 17.1. The number of carbonyl (C=O) groups is 1. The number of methoxy groups -OCH3 is 1. The van der Waals surface area contributed by atoms with Gasteiger partial charge in [0.25, 0.3) is 0 Å². The van der Waals surface area contributed by atoms with Crippen LogP contribution in [0.1, 0.15) is 17.4 Å². The highest BCUT2D eigenvalue weighted by atomic mass is 16.5. The first-order valence-electron chi connectivity index (χ1n) is 6.70. The van der Waals surface area contributed by atoms with Gasteiger partial charge >= 0.3 is 5.97 Å². The number of nitrogens with zero attached hydrogens (tertiary/aromatic N) is 2. The van der Waals surface area contributed by atoms with E-state index in [1.54, 1.807) is 24.9 Å². The zero-order valence-electron chi connectivity index (χ0n) is 12.1. The van der Waals surface area contributed by atoms with Crippen LogP contribution in [0.4, 0.5) is 0 Å². The number of carbonyl (C=O) groups excluding carboxylic acids is 1. The molecule has 0 aliphatic heterocycles. The molecule has 2 aromatic rings. The van der Waals surface area contributed by atoms with Gasteiger partial charge in [0, 0.05) is 7.11 Å². The first-order valence-corrected chi connectivity index (χ1v) is 6.70. The Balaban J connectivity index is 2.28. The number of esters is 1. The molecule has 0 bridgehead atoms. The SMILES string of the molecule is CCOC(=O)c1nn(-c2ccccc2)cc1OCCOC. The van der Waals surface area contributed by atoms with E-state index in [1.807, 2.05) is 30.3 Å². The molecule has 6 nitrogen and oxygen atoms in total. The van der Waals surface area contributed by atoms with Crippen molar-refractivity contribution in [1.29, 1.82) is 0 Å². The molecule has 0 saturated heterocycles. The largest absolute Gasteiger partial charge is 0.487 e. The van der Waals surface area contributed by atoms with Crippen LogP contribution in [-0.4, -0.2) is 42.7 Å². The predicted octanol–water partition coefficient (Wildman–Crippen LogP) is 2.07. The molecule has 0 N–H and O–H groups in total. The lowest BCUT2D eigenvalue weighted by atomic mass is 10.3. The average Bonchev–Trinajstić information content (AvgIpc) is 2.93. The zero-order valence-corrected chi connectivity index (χ0v) is 12.1. The molecule has 0 spiro atoms. The minimum atomic E-state index is -0.500. The molecule has 0 saturated carbocycles. The van der Waals surface area contributed by atoms with E-state index in [0.717, 1.165) is 5.69 Å². The summed E-state index contributed by atoms with van der Waals surface area (Å²) in [5.74, 6) is -0.117. The van der Waals surface area contributed by atoms with Gasteiger partial charge < -0.3 is 14.2 Å². The molecule has 1 heterocycles. The second kappa shape index (κ2) is 7.44. The molecule has 0 aliphatic carbocycles. The quantitative estimate of drug-likeness (QED) is 0.577. The average molecular weight is 290 g/mol. The molecule has 0 aliphatic rings. The van der Waals surface area contributed by atoms with Gasteiger partial charge in [0.05, 0.1) is 25.1 Å². The monoisotopic (exact) mass is 290 g/mol. The van der Waals surface area contributed by atoms with Gasteiger partial charge in [-0.1, -0.05) is 18.2 Å². The molecule has 2 rings (SSSR count). The van der Waals surface area contributed by atoms with E-state index >= 15 is 0 Å². The number of aromatic nitrogens is 2. The van der Waals surface area contributed by atoms with Crippen LogP contribution in [0.5, 0.6) is 5.75 Å². The summed E-state index contributed by atoms with van der Waals surface area (Å²) in [5, 5.41) is 4.25. The van der Waals surface area contributed by atoms with Crippen LogP contribution in [-0.2, 0) is 9.47 Å². The van der Waals surface area contributed by atoms with Crippen LogP contribution >= 0.6 is 0 Å². The molecular weight excluding hydrogens is 272 g/mol. The van der Waals surface area contributed by atoms with Crippen LogP contribution in [0, 0.1) is 0 Å². The van der Waals surface area contributed by atoms with Crippen LogP contribution in [0.2, 0.25) is 0 Å². The van der Waals surface area contributed by atoms with E-state index in [-0.39, 0.29) is 12.3 Å². The molecule has 6 heteroatoms. The van der Waals surface area contributed by atoms with Gasteiger partial charge in [-0.3, -0.25) is 0 Å². The van der Waals surface area contributed by atoms with Crippen LogP contribution in [0.15, 0.2) is 36.5 Å². The normalized spacial score (nSPS) is 10.4. The molecule has 0 radical (unpaired) electrons. The Bertz CT molecular complexity index is 581. The molecule has 21 heavy (non-hydrogen) atoms. The van der Waals surface area contributed by atoms with Crippen molar-refractivity contribution in [3.63, 3.8) is 0 Å². The minimum Gasteiger partial charge on any atom is -0.487 e. The number of para-hydroxylation sites is 1. The first-order chi connectivity index (χ1) is 10.3. The Labute approximate surface area is 123 Å². The van der Waals surface area contributed by atoms with Gasteiger partial charge in [0.2, 0.25) is 5.69 Å². The van der Waals surface area contributed by atoms with Crippen molar-refractivity contribution in [2.45, 2.75) is 6.92 Å². The molecular formula is C15H18N2O4. The second-order valence-corrected chi connectivity index (χ2v) is 4.18. The molecule has 0 unspecified atom stereocenters. The van der Waals surface area contributed by atoms with Gasteiger partial charge in [-0.25, -0.2) is 9.48 Å². The number of ether oxygens (including phenoxy) is 3. The highest BCUT2D eigenvalue weighted by Gasteiger charge is 2.20. The standard InChI is InChI=1S/C15H18N2O4/c1-3-20-15(18)14-13(21-10-9-19-2)11-17(16-14)12-7-5-4-6-8-12/h4-8,11H,3,9-10H2,1-2H3. The summed E-state index contributed by atoms with van der Waals surface area (Å²) in [5.41, 5.74) is 1.00. The smallest absolute Gasteiger partial charge is 0.362 e. The van der Waals surface area contributed by atoms with Gasteiger partial charge in [0.1, 0.15) is 6.61 Å². The number of hydrogen-bond donors (Lipinski definition) is 0. The minimum absolute atomic E-state index is 0.164. The van der Waals surface area contributed by atoms with Crippen molar-refractivity contribution < 1.29 is 19.0 Å². The van der Waals surface area contributed by atoms with Gasteiger partial charge in [-0.05, 0) is 19.1 Å². The van der Waals surface area contributed by atoms with E-state index < -0.39 is 5.97 Å². The van der Waals surface area contributed by atoms with E-state index in [4.69, 9.17) is 14.2 Å². The molecule has 0 fully saturated rings. The fourth-order valence-electron chi connectivity index (χ4n) is 1.75. The van der Waals surface area contributed by atoms with Crippen molar-refractivity contribution in [2.24, 2.45) is 0 Å². The highest BCUT2D eigenvalue weighted by Crippen LogP contribution is 2.20. The van der Waals surface area contributed by atoms with Crippen LogP contribution in [0.3, 0.4) is 0 Å². The third-order valence-electron chi connectivity index (χ3n) is 2.72. The van der Waals surface area contributed by atoms with E-state index in [1.165, 1.54) is 0 Å². The number of hydrogen-bond acceptors (Lipinski definition) is 5. The zero-order chi connectivity index (χ0) is 15.1. The number of rotatable bonds is 7. The Kier molecular flexibility index (Phi) is 5.34. The van der Waals surface area contributed by atoms with Crippen molar-refractivity contribution in [3.05, 3.63) is 42.2 Å². The summed E-state index contributed by atoms with van der Waals surface area (Å²) in [6, 6.07) is 9.48. The summed E-state index contributed by atoms with van der Waals surface area (Å²) in [4.78, 5) is 11.9. The topological polar surface area (TPSA) is 62.6 Å². The fraction of sp³-hybridized carbons (Fsp3) is 0.333. The molecule has 0 amide bonds. The number of benzene rings is 1. The predicted molar refractivity (Wildman–Crippen MR) is 76.9 cm³/mol. The van der Waals surface area contributed by atoms with Gasteiger partial charge in [0.15, 0.2) is 5.75 Å². The summed E-state index contributed by atoms with van der Waals surface area (Å²) in [6.45, 7) is 2.80. The first kappa shape index (κ1) is 15.1. The fourth-order valence-corrected chi connectivity index (χ4v) is 1.75. The Hall–Kier alpha value is -2.34. The van der Waals surface area contributed by atoms with E-state index in [9.17, 15) is 4.79 Å². The summed E-state index contributed by atoms with van der Waals surface area (Å²) >= 11 is 0. The molecule has 112 valence electrons. The van der Waals surface area contributed by atoms with E-state index in [2.05, 4.69) is 5.10 Å². The molecule has 0 atom stereocenters.